The molecular formula is C18H31IN4O2S. The van der Waals surface area contributed by atoms with Crippen LogP contribution in [0.3, 0.4) is 0 Å². The third-order valence-electron chi connectivity index (χ3n) is 4.64. The molecule has 0 amide bonds. The van der Waals surface area contributed by atoms with Gasteiger partial charge in [-0.2, -0.15) is 0 Å². The minimum absolute atomic E-state index is 0. The lowest BCUT2D eigenvalue weighted by Gasteiger charge is -2.35. The molecule has 1 aromatic carbocycles. The van der Waals surface area contributed by atoms with E-state index in [0.29, 0.717) is 23.5 Å². The van der Waals surface area contributed by atoms with E-state index in [2.05, 4.69) is 34.4 Å². The zero-order valence-electron chi connectivity index (χ0n) is 16.0. The number of likely N-dealkylation sites (tertiary alicyclic amines) is 1. The number of aliphatic imine (C=N–C) groups is 1. The number of halogens is 1. The number of guanidine groups is 1. The van der Waals surface area contributed by atoms with E-state index in [4.69, 9.17) is 0 Å². The number of benzene rings is 1. The van der Waals surface area contributed by atoms with Crippen LogP contribution in [-0.4, -0.2) is 57.8 Å². The Bertz CT molecular complexity index is 682. The Hall–Kier alpha value is -0.870. The summed E-state index contributed by atoms with van der Waals surface area (Å²) in [4.78, 5) is 7.13. The summed E-state index contributed by atoms with van der Waals surface area (Å²) >= 11 is 0. The molecule has 1 aliphatic heterocycles. The first-order chi connectivity index (χ1) is 11.8. The summed E-state index contributed by atoms with van der Waals surface area (Å²) in [6, 6.07) is 7.99. The van der Waals surface area contributed by atoms with Crippen molar-refractivity contribution in [2.75, 3.05) is 26.4 Å². The summed E-state index contributed by atoms with van der Waals surface area (Å²) in [7, 11) is -1.38. The summed E-state index contributed by atoms with van der Waals surface area (Å²) in [5.74, 6) is 0.787. The molecule has 6 nitrogen and oxygen atoms in total. The van der Waals surface area contributed by atoms with Crippen molar-refractivity contribution in [3.05, 3.63) is 29.8 Å². The van der Waals surface area contributed by atoms with Gasteiger partial charge in [-0.05, 0) is 44.4 Å². The third kappa shape index (κ3) is 7.03. The van der Waals surface area contributed by atoms with E-state index >= 15 is 0 Å². The maximum Gasteiger partial charge on any atom is 0.191 e. The molecule has 0 unspecified atom stereocenters. The van der Waals surface area contributed by atoms with Crippen molar-refractivity contribution in [3.63, 3.8) is 0 Å². The van der Waals surface area contributed by atoms with Crippen LogP contribution in [-0.2, 0) is 16.4 Å². The Balaban J connectivity index is 0.00000338. The van der Waals surface area contributed by atoms with Gasteiger partial charge in [0.1, 0.15) is 0 Å². The lowest BCUT2D eigenvalue weighted by molar-refractivity contribution is 0.167. The predicted molar refractivity (Wildman–Crippen MR) is 118 cm³/mol. The van der Waals surface area contributed by atoms with Crippen LogP contribution >= 0.6 is 24.0 Å². The molecule has 1 saturated heterocycles. The van der Waals surface area contributed by atoms with E-state index < -0.39 is 9.84 Å². The molecule has 0 aliphatic carbocycles. The van der Waals surface area contributed by atoms with Crippen LogP contribution in [0.25, 0.3) is 0 Å². The second kappa shape index (κ2) is 10.5. The molecule has 0 saturated carbocycles. The molecular weight excluding hydrogens is 463 g/mol. The number of sulfone groups is 1. The maximum absolute atomic E-state index is 11.5. The summed E-state index contributed by atoms with van der Waals surface area (Å²) in [6.45, 7) is 7.31. The zero-order chi connectivity index (χ0) is 18.4. The van der Waals surface area contributed by atoms with Crippen LogP contribution < -0.4 is 10.6 Å². The van der Waals surface area contributed by atoms with Crippen LogP contribution in [0.2, 0.25) is 0 Å². The molecule has 0 bridgehead atoms. The quantitative estimate of drug-likeness (QED) is 0.373. The zero-order valence-corrected chi connectivity index (χ0v) is 19.2. The van der Waals surface area contributed by atoms with Gasteiger partial charge in [0.25, 0.3) is 0 Å². The number of hydrogen-bond acceptors (Lipinski definition) is 4. The first-order valence-corrected chi connectivity index (χ1v) is 10.7. The Morgan fingerprint density at radius 2 is 1.81 bits per heavy atom. The van der Waals surface area contributed by atoms with Crippen molar-refractivity contribution < 1.29 is 8.42 Å². The average molecular weight is 494 g/mol. The fourth-order valence-electron chi connectivity index (χ4n) is 2.99. The van der Waals surface area contributed by atoms with Gasteiger partial charge in [0.05, 0.1) is 4.90 Å². The SMILES string of the molecule is CN=C(NCc1ccc(S(C)(=O)=O)cc1)NC1CCN(C(C)C)CC1.I. The molecule has 8 heteroatoms. The number of hydrogen-bond donors (Lipinski definition) is 2. The first-order valence-electron chi connectivity index (χ1n) is 8.80. The lowest BCUT2D eigenvalue weighted by atomic mass is 10.0. The highest BCUT2D eigenvalue weighted by atomic mass is 127. The van der Waals surface area contributed by atoms with E-state index in [9.17, 15) is 8.42 Å². The summed E-state index contributed by atoms with van der Waals surface area (Å²) in [6.07, 6.45) is 3.44. The molecule has 1 heterocycles. The predicted octanol–water partition coefficient (Wildman–Crippen LogP) is 2.25. The van der Waals surface area contributed by atoms with Crippen LogP contribution in [0, 0.1) is 0 Å². The van der Waals surface area contributed by atoms with Crippen molar-refractivity contribution >= 4 is 39.8 Å². The van der Waals surface area contributed by atoms with Gasteiger partial charge in [-0.15, -0.1) is 24.0 Å². The van der Waals surface area contributed by atoms with E-state index in [1.807, 2.05) is 12.1 Å². The highest BCUT2D eigenvalue weighted by Crippen LogP contribution is 2.13. The number of piperidine rings is 1. The Kier molecular flexibility index (Phi) is 9.32. The van der Waals surface area contributed by atoms with Gasteiger partial charge < -0.3 is 15.5 Å². The van der Waals surface area contributed by atoms with Gasteiger partial charge in [0.2, 0.25) is 0 Å². The monoisotopic (exact) mass is 494 g/mol. The van der Waals surface area contributed by atoms with E-state index in [1.165, 1.54) is 6.26 Å². The second-order valence-electron chi connectivity index (χ2n) is 6.89. The Labute approximate surface area is 174 Å². The standard InChI is InChI=1S/C18H30N4O2S.HI/c1-14(2)22-11-9-16(10-12-22)21-18(19-3)20-13-15-5-7-17(8-6-15)25(4,23)24;/h5-8,14,16H,9-13H2,1-4H3,(H2,19,20,21);1H. The number of rotatable bonds is 5. The smallest absolute Gasteiger partial charge is 0.191 e. The normalized spacial score (nSPS) is 17.0. The molecule has 0 atom stereocenters. The molecule has 2 rings (SSSR count). The van der Waals surface area contributed by atoms with Crippen LogP contribution in [0.1, 0.15) is 32.3 Å². The molecule has 148 valence electrons. The van der Waals surface area contributed by atoms with Crippen molar-refractivity contribution in [2.24, 2.45) is 4.99 Å². The van der Waals surface area contributed by atoms with Gasteiger partial charge in [-0.3, -0.25) is 4.99 Å². The van der Waals surface area contributed by atoms with E-state index in [1.54, 1.807) is 19.2 Å². The maximum atomic E-state index is 11.5. The minimum Gasteiger partial charge on any atom is -0.354 e. The fraction of sp³-hybridized carbons (Fsp3) is 0.611. The van der Waals surface area contributed by atoms with Gasteiger partial charge in [-0.25, -0.2) is 8.42 Å². The average Bonchev–Trinajstić information content (AvgIpc) is 2.58. The Morgan fingerprint density at radius 1 is 1.23 bits per heavy atom. The molecule has 1 aromatic rings. The van der Waals surface area contributed by atoms with Crippen molar-refractivity contribution in [2.45, 2.75) is 50.2 Å². The molecule has 0 aromatic heterocycles. The molecule has 1 fully saturated rings. The summed E-state index contributed by atoms with van der Waals surface area (Å²) in [5.41, 5.74) is 1.02. The number of nitrogens with one attached hydrogen (secondary N) is 2. The topological polar surface area (TPSA) is 73.8 Å². The molecule has 2 N–H and O–H groups in total. The van der Waals surface area contributed by atoms with Gasteiger partial charge >= 0.3 is 0 Å². The minimum atomic E-state index is -3.15. The van der Waals surface area contributed by atoms with E-state index in [-0.39, 0.29) is 24.0 Å². The lowest BCUT2D eigenvalue weighted by Crippen LogP contribution is -2.49. The highest BCUT2D eigenvalue weighted by molar-refractivity contribution is 14.0. The van der Waals surface area contributed by atoms with Gasteiger partial charge in [-0.1, -0.05) is 12.1 Å². The molecule has 0 spiro atoms. The van der Waals surface area contributed by atoms with Crippen molar-refractivity contribution in [1.82, 2.24) is 15.5 Å². The van der Waals surface area contributed by atoms with Gasteiger partial charge in [0.15, 0.2) is 15.8 Å². The third-order valence-corrected chi connectivity index (χ3v) is 5.76. The molecule has 0 radical (unpaired) electrons. The highest BCUT2D eigenvalue weighted by Gasteiger charge is 2.21. The van der Waals surface area contributed by atoms with Gasteiger partial charge in [0, 0.05) is 45.0 Å². The van der Waals surface area contributed by atoms with E-state index in [0.717, 1.165) is 37.5 Å². The summed E-state index contributed by atoms with van der Waals surface area (Å²) in [5, 5.41) is 6.79. The van der Waals surface area contributed by atoms with Crippen LogP contribution in [0.4, 0.5) is 0 Å². The molecule has 26 heavy (non-hydrogen) atoms. The number of nitrogens with zero attached hydrogens (tertiary/aromatic N) is 2. The first kappa shape index (κ1) is 23.2. The van der Waals surface area contributed by atoms with Crippen LogP contribution in [0.5, 0.6) is 0 Å². The Morgan fingerprint density at radius 3 is 2.27 bits per heavy atom. The molecule has 1 aliphatic rings. The second-order valence-corrected chi connectivity index (χ2v) is 8.91. The van der Waals surface area contributed by atoms with Crippen molar-refractivity contribution in [1.29, 1.82) is 0 Å². The van der Waals surface area contributed by atoms with Crippen LogP contribution in [0.15, 0.2) is 34.2 Å². The largest absolute Gasteiger partial charge is 0.354 e. The summed E-state index contributed by atoms with van der Waals surface area (Å²) < 4.78 is 23.0. The fourth-order valence-corrected chi connectivity index (χ4v) is 3.62. The van der Waals surface area contributed by atoms with Crippen molar-refractivity contribution in [3.8, 4) is 0 Å².